The molecule has 0 saturated carbocycles. The number of hydrogen-bond donors (Lipinski definition) is 1. The normalized spacial score (nSPS) is 12.1. The number of thiophene rings is 1. The number of H-pyrrole nitrogens is 1. The molecule has 0 bridgehead atoms. The van der Waals surface area contributed by atoms with Crippen molar-refractivity contribution in [2.24, 2.45) is 7.05 Å². The Balaban J connectivity index is 1.81. The molecule has 0 amide bonds. The first-order valence-electron chi connectivity index (χ1n) is 8.03. The van der Waals surface area contributed by atoms with Crippen LogP contribution in [0.4, 0.5) is 0 Å². The van der Waals surface area contributed by atoms with Crippen LogP contribution in [0, 0.1) is 0 Å². The third-order valence-corrected chi connectivity index (χ3v) is 5.05. The molecule has 0 fully saturated rings. The first kappa shape index (κ1) is 12.4. The Morgan fingerprint density at radius 3 is 3.04 bits per heavy atom. The Labute approximate surface area is 143 Å². The summed E-state index contributed by atoms with van der Waals surface area (Å²) in [5.41, 5.74) is 4.73. The van der Waals surface area contributed by atoms with Crippen molar-refractivity contribution in [2.75, 3.05) is 0 Å². The lowest BCUT2D eigenvalue weighted by atomic mass is 10.1. The van der Waals surface area contributed by atoms with E-state index in [9.17, 15) is 0 Å². The fourth-order valence-electron chi connectivity index (χ4n) is 3.00. The van der Waals surface area contributed by atoms with Gasteiger partial charge in [-0.1, -0.05) is 12.1 Å². The van der Waals surface area contributed by atoms with Gasteiger partial charge >= 0.3 is 0 Å². The van der Waals surface area contributed by atoms with Crippen molar-refractivity contribution < 1.29 is 1.37 Å². The number of nitrogens with zero attached hydrogens (tertiary/aromatic N) is 4. The second kappa shape index (κ2) is 5.01. The van der Waals surface area contributed by atoms with Gasteiger partial charge in [0.05, 0.1) is 17.3 Å². The summed E-state index contributed by atoms with van der Waals surface area (Å²) in [6, 6.07) is 9.95. The molecule has 0 unspecified atom stereocenters. The predicted molar refractivity (Wildman–Crippen MR) is 96.9 cm³/mol. The second-order valence-electron chi connectivity index (χ2n) is 5.57. The summed E-state index contributed by atoms with van der Waals surface area (Å²) >= 11 is 1.50. The van der Waals surface area contributed by atoms with Gasteiger partial charge in [-0.05, 0) is 18.2 Å². The first-order valence-corrected chi connectivity index (χ1v) is 8.41. The van der Waals surface area contributed by atoms with Crippen molar-refractivity contribution in [1.82, 2.24) is 24.7 Å². The summed E-state index contributed by atoms with van der Waals surface area (Å²) < 4.78 is 11.0. The molecule has 116 valence electrons. The van der Waals surface area contributed by atoms with Gasteiger partial charge in [-0.15, -0.1) is 11.3 Å². The monoisotopic (exact) mass is 332 g/mol. The van der Waals surface area contributed by atoms with Gasteiger partial charge in [-0.3, -0.25) is 4.68 Å². The number of aromatic amines is 1. The SMILES string of the molecule is [2H]c1nc(-c2cccc3[nH]ccc23)nc2c(-c3ccnn3C)csc12. The van der Waals surface area contributed by atoms with E-state index in [0.29, 0.717) is 5.82 Å². The standard InChI is InChI=1S/C18H13N5S/c1-23-15(6-8-21-23)13-10-24-16-9-20-18(22-17(13)16)12-3-2-4-14-11(12)5-7-19-14/h2-10,19H,1H3/i9D. The highest BCUT2D eigenvalue weighted by Crippen LogP contribution is 2.34. The van der Waals surface area contributed by atoms with E-state index in [2.05, 4.69) is 15.1 Å². The molecule has 0 spiro atoms. The average Bonchev–Trinajstić information content (AvgIpc) is 3.32. The van der Waals surface area contributed by atoms with Crippen molar-refractivity contribution in [1.29, 1.82) is 0 Å². The third-order valence-electron chi connectivity index (χ3n) is 4.18. The minimum absolute atomic E-state index is 0.256. The number of fused-ring (bicyclic) bond motifs is 2. The maximum atomic E-state index is 8.35. The van der Waals surface area contributed by atoms with E-state index in [1.54, 1.807) is 6.20 Å². The van der Waals surface area contributed by atoms with Crippen LogP contribution in [0.5, 0.6) is 0 Å². The van der Waals surface area contributed by atoms with E-state index in [-0.39, 0.29) is 6.17 Å². The van der Waals surface area contributed by atoms with E-state index in [0.717, 1.165) is 37.9 Å². The van der Waals surface area contributed by atoms with E-state index in [1.165, 1.54) is 11.3 Å². The van der Waals surface area contributed by atoms with Crippen LogP contribution in [0.2, 0.25) is 0 Å². The molecular formula is C18H13N5S. The van der Waals surface area contributed by atoms with Gasteiger partial charge in [0.1, 0.15) is 0 Å². The number of benzene rings is 1. The van der Waals surface area contributed by atoms with E-state index in [4.69, 9.17) is 6.35 Å². The van der Waals surface area contributed by atoms with Crippen molar-refractivity contribution >= 4 is 32.5 Å². The summed E-state index contributed by atoms with van der Waals surface area (Å²) in [5.74, 6) is 0.574. The molecule has 0 aliphatic heterocycles. The molecule has 5 nitrogen and oxygen atoms in total. The lowest BCUT2D eigenvalue weighted by molar-refractivity contribution is 0.776. The van der Waals surface area contributed by atoms with Crippen LogP contribution in [-0.4, -0.2) is 24.7 Å². The lowest BCUT2D eigenvalue weighted by Gasteiger charge is -2.04. The van der Waals surface area contributed by atoms with E-state index < -0.39 is 0 Å². The fraction of sp³-hybridized carbons (Fsp3) is 0.0556. The Bertz CT molecular complexity index is 1230. The number of hydrogen-bond acceptors (Lipinski definition) is 4. The van der Waals surface area contributed by atoms with Gasteiger partial charge in [0.15, 0.2) is 5.82 Å². The number of aryl methyl sites for hydroxylation is 1. The van der Waals surface area contributed by atoms with Gasteiger partial charge < -0.3 is 4.98 Å². The molecule has 1 aromatic carbocycles. The molecule has 5 rings (SSSR count). The number of aromatic nitrogens is 5. The molecule has 0 aliphatic carbocycles. The average molecular weight is 332 g/mol. The molecule has 0 saturated heterocycles. The zero-order valence-electron chi connectivity index (χ0n) is 13.8. The molecule has 1 N–H and O–H groups in total. The molecule has 0 atom stereocenters. The lowest BCUT2D eigenvalue weighted by Crippen LogP contribution is -1.94. The van der Waals surface area contributed by atoms with Gasteiger partial charge in [-0.2, -0.15) is 5.10 Å². The molecule has 4 aromatic heterocycles. The Kier molecular flexibility index (Phi) is 2.59. The summed E-state index contributed by atoms with van der Waals surface area (Å²) in [6.45, 7) is 0. The molecule has 24 heavy (non-hydrogen) atoms. The molecule has 0 aliphatic rings. The van der Waals surface area contributed by atoms with Gasteiger partial charge in [-0.25, -0.2) is 9.97 Å². The topological polar surface area (TPSA) is 59.4 Å². The zero-order chi connectivity index (χ0) is 17.0. The van der Waals surface area contributed by atoms with Crippen molar-refractivity contribution in [2.45, 2.75) is 0 Å². The van der Waals surface area contributed by atoms with Crippen LogP contribution >= 0.6 is 11.3 Å². The number of rotatable bonds is 2. The highest BCUT2D eigenvalue weighted by atomic mass is 32.1. The Morgan fingerprint density at radius 2 is 2.17 bits per heavy atom. The van der Waals surface area contributed by atoms with Crippen LogP contribution in [0.3, 0.4) is 0 Å². The van der Waals surface area contributed by atoms with Gasteiger partial charge in [0.25, 0.3) is 0 Å². The highest BCUT2D eigenvalue weighted by Gasteiger charge is 2.14. The Morgan fingerprint density at radius 1 is 1.21 bits per heavy atom. The van der Waals surface area contributed by atoms with Crippen LogP contribution in [0.15, 0.2) is 54.3 Å². The van der Waals surface area contributed by atoms with Crippen LogP contribution in [-0.2, 0) is 7.05 Å². The quantitative estimate of drug-likeness (QED) is 0.526. The molecule has 0 radical (unpaired) electrons. The largest absolute Gasteiger partial charge is 0.361 e. The zero-order valence-corrected chi connectivity index (χ0v) is 13.6. The summed E-state index contributed by atoms with van der Waals surface area (Å²) in [7, 11) is 1.91. The summed E-state index contributed by atoms with van der Waals surface area (Å²) in [5, 5.41) is 7.32. The third kappa shape index (κ3) is 1.90. The van der Waals surface area contributed by atoms with E-state index >= 15 is 0 Å². The fourth-order valence-corrected chi connectivity index (χ4v) is 3.83. The highest BCUT2D eigenvalue weighted by molar-refractivity contribution is 7.17. The Hall–Kier alpha value is -2.99. The van der Waals surface area contributed by atoms with E-state index in [1.807, 2.05) is 53.6 Å². The summed E-state index contributed by atoms with van der Waals surface area (Å²) in [6.07, 6.45) is 3.93. The van der Waals surface area contributed by atoms with Gasteiger partial charge in [0.2, 0.25) is 0 Å². The maximum absolute atomic E-state index is 8.35. The maximum Gasteiger partial charge on any atom is 0.160 e. The molecular weight excluding hydrogens is 318 g/mol. The smallest absolute Gasteiger partial charge is 0.160 e. The first-order chi connectivity index (χ1) is 12.2. The van der Waals surface area contributed by atoms with Crippen LogP contribution in [0.1, 0.15) is 1.37 Å². The van der Waals surface area contributed by atoms with Crippen LogP contribution < -0.4 is 0 Å². The van der Waals surface area contributed by atoms with Crippen molar-refractivity contribution in [3.63, 3.8) is 0 Å². The molecule has 5 aromatic rings. The second-order valence-corrected chi connectivity index (χ2v) is 6.45. The van der Waals surface area contributed by atoms with Gasteiger partial charge in [0, 0.05) is 53.0 Å². The summed E-state index contributed by atoms with van der Waals surface area (Å²) in [4.78, 5) is 12.5. The van der Waals surface area contributed by atoms with Crippen molar-refractivity contribution in [3.05, 3.63) is 54.3 Å². The van der Waals surface area contributed by atoms with Crippen molar-refractivity contribution in [3.8, 4) is 22.6 Å². The van der Waals surface area contributed by atoms with Crippen LogP contribution in [0.25, 0.3) is 43.8 Å². The molecule has 6 heteroatoms. The number of nitrogens with one attached hydrogen (secondary N) is 1. The predicted octanol–water partition coefficient (Wildman–Crippen LogP) is 4.24. The minimum Gasteiger partial charge on any atom is -0.361 e. The minimum atomic E-state index is 0.256. The molecule has 4 heterocycles.